The molecule has 0 aliphatic carbocycles. The molecule has 1 aromatic heterocycles. The molecule has 0 saturated heterocycles. The number of nitrogens with zero attached hydrogens (tertiary/aromatic N) is 2. The van der Waals surface area contributed by atoms with Crippen molar-refractivity contribution < 1.29 is 0 Å². The molecule has 0 amide bonds. The average molecular weight is 281 g/mol. The van der Waals surface area contributed by atoms with Crippen molar-refractivity contribution in [2.75, 3.05) is 24.5 Å². The summed E-state index contributed by atoms with van der Waals surface area (Å²) < 4.78 is 0. The molecular formula is C18H23N3. The van der Waals surface area contributed by atoms with Gasteiger partial charge < -0.3 is 10.2 Å². The number of aromatic nitrogens is 1. The van der Waals surface area contributed by atoms with Crippen LogP contribution >= 0.6 is 0 Å². The number of nitrogens with one attached hydrogen (secondary N) is 1. The maximum Gasteiger partial charge on any atom is 0.137 e. The molecule has 0 radical (unpaired) electrons. The summed E-state index contributed by atoms with van der Waals surface area (Å²) >= 11 is 0. The Morgan fingerprint density at radius 1 is 1.24 bits per heavy atom. The van der Waals surface area contributed by atoms with Gasteiger partial charge in [0.2, 0.25) is 0 Å². The Morgan fingerprint density at radius 2 is 2.14 bits per heavy atom. The number of hydrogen-bond acceptors (Lipinski definition) is 3. The summed E-state index contributed by atoms with van der Waals surface area (Å²) in [6.07, 6.45) is 6.75. The van der Waals surface area contributed by atoms with Gasteiger partial charge in [-0.15, -0.1) is 0 Å². The van der Waals surface area contributed by atoms with Gasteiger partial charge in [-0.1, -0.05) is 43.3 Å². The monoisotopic (exact) mass is 281 g/mol. The number of benzene rings is 1. The third kappa shape index (κ3) is 3.24. The van der Waals surface area contributed by atoms with E-state index in [0.29, 0.717) is 0 Å². The van der Waals surface area contributed by atoms with E-state index in [-0.39, 0.29) is 0 Å². The summed E-state index contributed by atoms with van der Waals surface area (Å²) in [7, 11) is 0. The first-order chi connectivity index (χ1) is 10.4. The molecule has 1 N–H and O–H groups in total. The topological polar surface area (TPSA) is 28.2 Å². The summed E-state index contributed by atoms with van der Waals surface area (Å²) in [6.45, 7) is 6.08. The number of rotatable bonds is 5. The van der Waals surface area contributed by atoms with Crippen molar-refractivity contribution in [1.82, 2.24) is 10.3 Å². The molecule has 1 aromatic carbocycles. The second kappa shape index (κ2) is 6.72. The lowest BCUT2D eigenvalue weighted by Crippen LogP contribution is -2.28. The van der Waals surface area contributed by atoms with Crippen LogP contribution in [0.5, 0.6) is 0 Å². The maximum atomic E-state index is 4.93. The van der Waals surface area contributed by atoms with Crippen molar-refractivity contribution in [3.05, 3.63) is 48.2 Å². The van der Waals surface area contributed by atoms with Gasteiger partial charge in [-0.2, -0.15) is 0 Å². The number of hydrogen-bond donors (Lipinski definition) is 1. The first-order valence-electron chi connectivity index (χ1n) is 7.88. The third-order valence-electron chi connectivity index (χ3n) is 3.86. The van der Waals surface area contributed by atoms with Gasteiger partial charge in [0.1, 0.15) is 5.82 Å². The van der Waals surface area contributed by atoms with Gasteiger partial charge >= 0.3 is 0 Å². The van der Waals surface area contributed by atoms with E-state index in [0.717, 1.165) is 50.5 Å². The molecule has 3 nitrogen and oxygen atoms in total. The SMILES string of the molecule is CCCNCc1cc2ccccc2c(N2CC=CCC2)n1. The first kappa shape index (κ1) is 14.1. The van der Waals surface area contributed by atoms with E-state index in [2.05, 4.69) is 59.6 Å². The molecule has 0 atom stereocenters. The molecule has 3 rings (SSSR count). The number of anilines is 1. The Balaban J connectivity index is 1.96. The Labute approximate surface area is 126 Å². The van der Waals surface area contributed by atoms with Crippen LogP contribution in [0.4, 0.5) is 5.82 Å². The van der Waals surface area contributed by atoms with Crippen LogP contribution in [0.15, 0.2) is 42.5 Å². The average Bonchev–Trinajstić information content (AvgIpc) is 2.55. The molecule has 3 heteroatoms. The Hall–Kier alpha value is -1.87. The normalized spacial score (nSPS) is 14.8. The fraction of sp³-hybridized carbons (Fsp3) is 0.389. The third-order valence-corrected chi connectivity index (χ3v) is 3.86. The summed E-state index contributed by atoms with van der Waals surface area (Å²) in [4.78, 5) is 7.31. The van der Waals surface area contributed by atoms with Crippen LogP contribution in [-0.4, -0.2) is 24.6 Å². The Bertz CT molecular complexity index is 633. The van der Waals surface area contributed by atoms with E-state index < -0.39 is 0 Å². The van der Waals surface area contributed by atoms with E-state index in [4.69, 9.17) is 4.98 Å². The van der Waals surface area contributed by atoms with Crippen molar-refractivity contribution in [2.24, 2.45) is 0 Å². The van der Waals surface area contributed by atoms with Crippen molar-refractivity contribution in [2.45, 2.75) is 26.3 Å². The van der Waals surface area contributed by atoms with E-state index in [9.17, 15) is 0 Å². The zero-order valence-electron chi connectivity index (χ0n) is 12.7. The second-order valence-corrected chi connectivity index (χ2v) is 5.54. The van der Waals surface area contributed by atoms with Crippen LogP contribution < -0.4 is 10.2 Å². The second-order valence-electron chi connectivity index (χ2n) is 5.54. The lowest BCUT2D eigenvalue weighted by Gasteiger charge is -2.26. The van der Waals surface area contributed by atoms with Crippen LogP contribution in [0.3, 0.4) is 0 Å². The van der Waals surface area contributed by atoms with Crippen LogP contribution in [-0.2, 0) is 6.54 Å². The Morgan fingerprint density at radius 3 is 2.95 bits per heavy atom. The zero-order valence-corrected chi connectivity index (χ0v) is 12.7. The van der Waals surface area contributed by atoms with Gasteiger partial charge in [0.05, 0.1) is 5.69 Å². The predicted octanol–water partition coefficient (Wildman–Crippen LogP) is 3.50. The number of pyridine rings is 1. The van der Waals surface area contributed by atoms with Gasteiger partial charge in [0, 0.05) is 25.0 Å². The van der Waals surface area contributed by atoms with Crippen molar-refractivity contribution in [1.29, 1.82) is 0 Å². The number of fused-ring (bicyclic) bond motifs is 1. The minimum absolute atomic E-state index is 0.843. The molecule has 0 fully saturated rings. The fourth-order valence-corrected chi connectivity index (χ4v) is 2.79. The highest BCUT2D eigenvalue weighted by Gasteiger charge is 2.13. The van der Waals surface area contributed by atoms with Gasteiger partial charge in [-0.25, -0.2) is 4.98 Å². The van der Waals surface area contributed by atoms with Gasteiger partial charge in [-0.05, 0) is 30.8 Å². The molecule has 0 saturated carbocycles. The minimum atomic E-state index is 0.843. The van der Waals surface area contributed by atoms with E-state index in [1.165, 1.54) is 10.8 Å². The van der Waals surface area contributed by atoms with Crippen LogP contribution in [0.1, 0.15) is 25.5 Å². The van der Waals surface area contributed by atoms with Crippen molar-refractivity contribution >= 4 is 16.6 Å². The maximum absolute atomic E-state index is 4.93. The van der Waals surface area contributed by atoms with Crippen LogP contribution in [0, 0.1) is 0 Å². The largest absolute Gasteiger partial charge is 0.352 e. The molecule has 0 spiro atoms. The summed E-state index contributed by atoms with van der Waals surface area (Å²) in [5.74, 6) is 1.13. The van der Waals surface area contributed by atoms with Crippen LogP contribution in [0.2, 0.25) is 0 Å². The lowest BCUT2D eigenvalue weighted by molar-refractivity contribution is 0.663. The predicted molar refractivity (Wildman–Crippen MR) is 89.7 cm³/mol. The highest BCUT2D eigenvalue weighted by molar-refractivity contribution is 5.92. The molecule has 2 heterocycles. The highest BCUT2D eigenvalue weighted by Crippen LogP contribution is 2.26. The molecule has 1 aliphatic rings. The molecule has 0 unspecified atom stereocenters. The molecular weight excluding hydrogens is 258 g/mol. The fourth-order valence-electron chi connectivity index (χ4n) is 2.79. The zero-order chi connectivity index (χ0) is 14.5. The van der Waals surface area contributed by atoms with Crippen LogP contribution in [0.25, 0.3) is 10.8 Å². The first-order valence-corrected chi connectivity index (χ1v) is 7.88. The lowest BCUT2D eigenvalue weighted by atomic mass is 10.1. The summed E-state index contributed by atoms with van der Waals surface area (Å²) in [5.41, 5.74) is 1.13. The highest BCUT2D eigenvalue weighted by atomic mass is 15.2. The Kier molecular flexibility index (Phi) is 4.51. The molecule has 110 valence electrons. The molecule has 1 aliphatic heterocycles. The van der Waals surface area contributed by atoms with Gasteiger partial charge in [0.25, 0.3) is 0 Å². The smallest absolute Gasteiger partial charge is 0.137 e. The van der Waals surface area contributed by atoms with Crippen molar-refractivity contribution in [3.8, 4) is 0 Å². The summed E-state index contributed by atoms with van der Waals surface area (Å²) in [6, 6.07) is 10.8. The minimum Gasteiger partial charge on any atom is -0.352 e. The summed E-state index contributed by atoms with van der Waals surface area (Å²) in [5, 5.41) is 5.99. The molecule has 21 heavy (non-hydrogen) atoms. The van der Waals surface area contributed by atoms with Gasteiger partial charge in [-0.3, -0.25) is 0 Å². The van der Waals surface area contributed by atoms with E-state index >= 15 is 0 Å². The molecule has 0 bridgehead atoms. The van der Waals surface area contributed by atoms with E-state index in [1.807, 2.05) is 0 Å². The quantitative estimate of drug-likeness (QED) is 0.671. The molecule has 2 aromatic rings. The van der Waals surface area contributed by atoms with Crippen molar-refractivity contribution in [3.63, 3.8) is 0 Å². The van der Waals surface area contributed by atoms with Gasteiger partial charge in [0.15, 0.2) is 0 Å². The van der Waals surface area contributed by atoms with E-state index in [1.54, 1.807) is 0 Å². The standard InChI is InChI=1S/C18H23N3/c1-2-10-19-14-16-13-15-8-4-5-9-17(15)18(20-16)21-11-6-3-7-12-21/h3-6,8-9,13,19H,2,7,10-12,14H2,1H3.